The van der Waals surface area contributed by atoms with E-state index >= 15 is 0 Å². The van der Waals surface area contributed by atoms with Crippen molar-refractivity contribution in [1.82, 2.24) is 9.97 Å². The fourth-order valence-electron chi connectivity index (χ4n) is 1.16. The number of rotatable bonds is 0. The van der Waals surface area contributed by atoms with Crippen LogP contribution in [0, 0.1) is 6.92 Å². The Balaban J connectivity index is 2.97. The van der Waals surface area contributed by atoms with Crippen molar-refractivity contribution in [1.29, 1.82) is 0 Å². The standard InChI is InChI=1S/C7H7BN2OS/c1-3-5(8)4-6(11)9-2-10-7(4)12-3/h2H,8H2,1H3,(H,9,10,11). The highest BCUT2D eigenvalue weighted by molar-refractivity contribution is 7.19. The largest absolute Gasteiger partial charge is 0.493 e. The van der Waals surface area contributed by atoms with Crippen molar-refractivity contribution in [3.63, 3.8) is 0 Å². The number of aryl methyl sites for hydroxylation is 1. The zero-order chi connectivity index (χ0) is 8.72. The van der Waals surface area contributed by atoms with Crippen LogP contribution in [0.5, 0.6) is 5.88 Å². The van der Waals surface area contributed by atoms with Crippen LogP contribution in [-0.4, -0.2) is 22.9 Å². The zero-order valence-electron chi connectivity index (χ0n) is 6.83. The number of hydrogen-bond donors (Lipinski definition) is 1. The van der Waals surface area contributed by atoms with Gasteiger partial charge in [-0.25, -0.2) is 9.97 Å². The molecule has 0 saturated carbocycles. The maximum Gasteiger partial charge on any atom is 0.222 e. The average Bonchev–Trinajstić information content (AvgIpc) is 2.29. The number of aromatic hydroxyl groups is 1. The van der Waals surface area contributed by atoms with Gasteiger partial charge in [-0.15, -0.1) is 11.3 Å². The van der Waals surface area contributed by atoms with Gasteiger partial charge in [0.25, 0.3) is 0 Å². The Morgan fingerprint density at radius 2 is 2.25 bits per heavy atom. The van der Waals surface area contributed by atoms with Gasteiger partial charge >= 0.3 is 0 Å². The first-order valence-electron chi connectivity index (χ1n) is 3.60. The van der Waals surface area contributed by atoms with Crippen LogP contribution in [0.2, 0.25) is 0 Å². The lowest BCUT2D eigenvalue weighted by atomic mass is 9.94. The van der Waals surface area contributed by atoms with Crippen LogP contribution < -0.4 is 5.46 Å². The molecule has 2 heterocycles. The van der Waals surface area contributed by atoms with Gasteiger partial charge in [-0.2, -0.15) is 0 Å². The molecule has 0 spiro atoms. The second kappa shape index (κ2) is 2.45. The molecule has 0 saturated heterocycles. The molecule has 5 heteroatoms. The summed E-state index contributed by atoms with van der Waals surface area (Å²) < 4.78 is 0. The third kappa shape index (κ3) is 0.897. The van der Waals surface area contributed by atoms with Crippen molar-refractivity contribution in [3.05, 3.63) is 11.2 Å². The predicted molar refractivity (Wildman–Crippen MR) is 52.0 cm³/mol. The normalized spacial score (nSPS) is 10.8. The second-order valence-electron chi connectivity index (χ2n) is 2.66. The van der Waals surface area contributed by atoms with E-state index in [0.29, 0.717) is 0 Å². The zero-order valence-corrected chi connectivity index (χ0v) is 7.64. The van der Waals surface area contributed by atoms with Crippen molar-refractivity contribution in [3.8, 4) is 5.88 Å². The number of thiophene rings is 1. The summed E-state index contributed by atoms with van der Waals surface area (Å²) in [5, 5.41) is 10.2. The van der Waals surface area contributed by atoms with Gasteiger partial charge in [0.1, 0.15) is 19.0 Å². The van der Waals surface area contributed by atoms with E-state index in [0.717, 1.165) is 15.7 Å². The molecule has 0 amide bonds. The Bertz CT molecular complexity index is 440. The lowest BCUT2D eigenvalue weighted by Gasteiger charge is -1.93. The molecule has 0 aliphatic rings. The van der Waals surface area contributed by atoms with Gasteiger partial charge in [0.2, 0.25) is 5.88 Å². The van der Waals surface area contributed by atoms with Gasteiger partial charge in [0, 0.05) is 0 Å². The van der Waals surface area contributed by atoms with Gasteiger partial charge < -0.3 is 5.11 Å². The van der Waals surface area contributed by atoms with Crippen LogP contribution >= 0.6 is 11.3 Å². The van der Waals surface area contributed by atoms with Crippen LogP contribution in [-0.2, 0) is 0 Å². The molecule has 0 aromatic carbocycles. The van der Waals surface area contributed by atoms with Crippen LogP contribution in [0.25, 0.3) is 10.2 Å². The first-order chi connectivity index (χ1) is 5.70. The Kier molecular flexibility index (Phi) is 1.54. The van der Waals surface area contributed by atoms with E-state index in [1.165, 1.54) is 11.2 Å². The second-order valence-corrected chi connectivity index (χ2v) is 3.86. The van der Waals surface area contributed by atoms with Gasteiger partial charge in [-0.1, -0.05) is 5.46 Å². The quantitative estimate of drug-likeness (QED) is 0.576. The van der Waals surface area contributed by atoms with E-state index in [4.69, 9.17) is 0 Å². The summed E-state index contributed by atoms with van der Waals surface area (Å²) in [5.41, 5.74) is 1.08. The molecule has 3 nitrogen and oxygen atoms in total. The summed E-state index contributed by atoms with van der Waals surface area (Å²) in [6.07, 6.45) is 1.38. The van der Waals surface area contributed by atoms with Crippen LogP contribution in [0.1, 0.15) is 4.88 Å². The molecule has 0 aliphatic carbocycles. The summed E-state index contributed by atoms with van der Waals surface area (Å²) in [6, 6.07) is 0. The van der Waals surface area contributed by atoms with Crippen LogP contribution in [0.15, 0.2) is 6.33 Å². The fourth-order valence-corrected chi connectivity index (χ4v) is 2.16. The van der Waals surface area contributed by atoms with Crippen molar-refractivity contribution in [2.24, 2.45) is 0 Å². The van der Waals surface area contributed by atoms with Crippen molar-refractivity contribution >= 4 is 34.9 Å². The molecular weight excluding hydrogens is 171 g/mol. The summed E-state index contributed by atoms with van der Waals surface area (Å²) >= 11 is 1.58. The molecule has 0 atom stereocenters. The Hall–Kier alpha value is -1.10. The summed E-state index contributed by atoms with van der Waals surface area (Å²) in [7, 11) is 1.97. The van der Waals surface area contributed by atoms with Gasteiger partial charge in [0.05, 0.1) is 5.39 Å². The molecule has 0 radical (unpaired) electrons. The van der Waals surface area contributed by atoms with Gasteiger partial charge in [-0.3, -0.25) is 0 Å². The minimum atomic E-state index is 0.0850. The van der Waals surface area contributed by atoms with Crippen LogP contribution in [0.3, 0.4) is 0 Å². The third-order valence-electron chi connectivity index (χ3n) is 1.95. The summed E-state index contributed by atoms with van der Waals surface area (Å²) in [4.78, 5) is 9.84. The molecule has 2 aromatic rings. The van der Waals surface area contributed by atoms with Crippen molar-refractivity contribution < 1.29 is 5.11 Å². The number of fused-ring (bicyclic) bond motifs is 1. The molecule has 0 fully saturated rings. The van der Waals surface area contributed by atoms with E-state index in [-0.39, 0.29) is 5.88 Å². The molecule has 0 unspecified atom stereocenters. The van der Waals surface area contributed by atoms with E-state index in [2.05, 4.69) is 9.97 Å². The minimum absolute atomic E-state index is 0.0850. The van der Waals surface area contributed by atoms with E-state index in [1.807, 2.05) is 14.8 Å². The highest BCUT2D eigenvalue weighted by Gasteiger charge is 2.09. The smallest absolute Gasteiger partial charge is 0.222 e. The average molecular weight is 178 g/mol. The minimum Gasteiger partial charge on any atom is -0.493 e. The first-order valence-corrected chi connectivity index (χ1v) is 4.41. The number of aromatic nitrogens is 2. The molecule has 1 N–H and O–H groups in total. The Morgan fingerprint density at radius 1 is 1.50 bits per heavy atom. The lowest BCUT2D eigenvalue weighted by Crippen LogP contribution is -2.02. The molecule has 60 valence electrons. The van der Waals surface area contributed by atoms with E-state index in [1.54, 1.807) is 11.3 Å². The third-order valence-corrected chi connectivity index (χ3v) is 3.06. The predicted octanol–water partition coefficient (Wildman–Crippen LogP) is -0.0363. The Labute approximate surface area is 74.5 Å². The Morgan fingerprint density at radius 3 is 2.92 bits per heavy atom. The summed E-state index contributed by atoms with van der Waals surface area (Å²) in [6.45, 7) is 2.02. The SMILES string of the molecule is Bc1c(C)sc2ncnc(O)c12. The number of hydrogen-bond acceptors (Lipinski definition) is 4. The van der Waals surface area contributed by atoms with Crippen molar-refractivity contribution in [2.75, 3.05) is 0 Å². The molecule has 0 bridgehead atoms. The van der Waals surface area contributed by atoms with Gasteiger partial charge in [0.15, 0.2) is 0 Å². The first kappa shape index (κ1) is 7.55. The van der Waals surface area contributed by atoms with Crippen LogP contribution in [0.4, 0.5) is 0 Å². The lowest BCUT2D eigenvalue weighted by molar-refractivity contribution is 0.459. The molecular formula is C7H7BN2OS. The molecule has 2 rings (SSSR count). The molecule has 0 aliphatic heterocycles. The highest BCUT2D eigenvalue weighted by Crippen LogP contribution is 2.24. The van der Waals surface area contributed by atoms with E-state index < -0.39 is 0 Å². The monoisotopic (exact) mass is 178 g/mol. The topological polar surface area (TPSA) is 46.0 Å². The fraction of sp³-hybridized carbons (Fsp3) is 0.143. The molecule has 2 aromatic heterocycles. The van der Waals surface area contributed by atoms with Crippen molar-refractivity contribution in [2.45, 2.75) is 6.92 Å². The summed E-state index contributed by atoms with van der Waals surface area (Å²) in [5.74, 6) is 0.0850. The van der Waals surface area contributed by atoms with E-state index in [9.17, 15) is 5.11 Å². The maximum atomic E-state index is 9.42. The van der Waals surface area contributed by atoms with Gasteiger partial charge in [-0.05, 0) is 11.8 Å². The maximum absolute atomic E-state index is 9.42. The highest BCUT2D eigenvalue weighted by atomic mass is 32.1. The number of nitrogens with zero attached hydrogens (tertiary/aromatic N) is 2. The molecule has 12 heavy (non-hydrogen) atoms.